The first-order chi connectivity index (χ1) is 17.7. The van der Waals surface area contributed by atoms with Crippen LogP contribution in [0.4, 0.5) is 5.69 Å². The molecular weight excluding hydrogens is 476 g/mol. The highest BCUT2D eigenvalue weighted by atomic mass is 16.7. The maximum absolute atomic E-state index is 13.8. The number of Topliss-reactive ketones (excluding diaryl/α,β-unsaturated/α-hetero) is 1. The van der Waals surface area contributed by atoms with Crippen LogP contribution in [0.5, 0.6) is 11.5 Å². The van der Waals surface area contributed by atoms with Crippen LogP contribution in [0.2, 0.25) is 0 Å². The summed E-state index contributed by atoms with van der Waals surface area (Å²) in [5, 5.41) is 15.5. The highest BCUT2D eigenvalue weighted by Crippen LogP contribution is 2.50. The topological polar surface area (TPSA) is 117 Å². The van der Waals surface area contributed by atoms with Crippen molar-refractivity contribution in [2.75, 3.05) is 13.4 Å². The van der Waals surface area contributed by atoms with E-state index in [-0.39, 0.29) is 60.0 Å². The number of carbonyl (C=O) groups is 2. The molecule has 0 saturated heterocycles. The van der Waals surface area contributed by atoms with Crippen molar-refractivity contribution in [1.82, 2.24) is 5.32 Å². The number of nitrogens with zero attached hydrogens (tertiary/aromatic N) is 1. The van der Waals surface area contributed by atoms with Crippen LogP contribution in [0.3, 0.4) is 0 Å². The second-order valence-electron chi connectivity index (χ2n) is 9.94. The number of esters is 1. The second kappa shape index (κ2) is 9.72. The van der Waals surface area contributed by atoms with Crippen molar-refractivity contribution in [3.8, 4) is 11.5 Å². The Bertz CT molecular complexity index is 1340. The lowest BCUT2D eigenvalue weighted by atomic mass is 9.71. The van der Waals surface area contributed by atoms with Gasteiger partial charge in [0.2, 0.25) is 6.79 Å². The average Bonchev–Trinajstić information content (AvgIpc) is 3.33. The summed E-state index contributed by atoms with van der Waals surface area (Å²) >= 11 is 0. The number of nitrogens with one attached hydrogen (secondary N) is 1. The smallest absolute Gasteiger partial charge is 0.336 e. The Kier molecular flexibility index (Phi) is 6.45. The Hall–Kier alpha value is -4.14. The van der Waals surface area contributed by atoms with Crippen LogP contribution < -0.4 is 14.8 Å². The largest absolute Gasteiger partial charge is 0.462 e. The summed E-state index contributed by atoms with van der Waals surface area (Å²) in [6.07, 6.45) is 0.762. The summed E-state index contributed by atoms with van der Waals surface area (Å²) in [4.78, 5) is 38.8. The fourth-order valence-electron chi connectivity index (χ4n) is 5.24. The Morgan fingerprint density at radius 1 is 1.16 bits per heavy atom. The summed E-state index contributed by atoms with van der Waals surface area (Å²) in [5.41, 5.74) is 2.71. The van der Waals surface area contributed by atoms with E-state index >= 15 is 0 Å². The minimum Gasteiger partial charge on any atom is -0.462 e. The summed E-state index contributed by atoms with van der Waals surface area (Å²) in [7, 11) is 0. The van der Waals surface area contributed by atoms with Crippen LogP contribution in [-0.4, -0.2) is 30.1 Å². The van der Waals surface area contributed by atoms with E-state index in [1.54, 1.807) is 6.92 Å². The monoisotopic (exact) mass is 504 g/mol. The van der Waals surface area contributed by atoms with Gasteiger partial charge in [-0.15, -0.1) is 0 Å². The molecule has 0 bridgehead atoms. The lowest BCUT2D eigenvalue weighted by Gasteiger charge is -2.36. The average molecular weight is 505 g/mol. The number of fused-ring (bicyclic) bond motifs is 1. The first-order valence-corrected chi connectivity index (χ1v) is 12.3. The number of ketones is 1. The van der Waals surface area contributed by atoms with Gasteiger partial charge in [-0.2, -0.15) is 0 Å². The van der Waals surface area contributed by atoms with Crippen molar-refractivity contribution < 1.29 is 28.7 Å². The molecule has 2 aromatic carbocycles. The third-order valence-electron chi connectivity index (χ3n) is 6.90. The van der Waals surface area contributed by atoms with Gasteiger partial charge < -0.3 is 19.5 Å². The Morgan fingerprint density at radius 2 is 1.86 bits per heavy atom. The van der Waals surface area contributed by atoms with Gasteiger partial charge in [0.15, 0.2) is 17.3 Å². The lowest BCUT2D eigenvalue weighted by Crippen LogP contribution is -2.36. The molecule has 9 heteroatoms. The zero-order chi connectivity index (χ0) is 26.3. The number of hydrogen-bond acceptors (Lipinski definition) is 8. The number of dihydropyridines is 1. The number of allylic oxidation sites excluding steroid dienone is 3. The van der Waals surface area contributed by atoms with Crippen LogP contribution >= 0.6 is 0 Å². The first kappa shape index (κ1) is 24.5. The molecule has 1 aliphatic carbocycles. The van der Waals surface area contributed by atoms with Gasteiger partial charge >= 0.3 is 5.97 Å². The summed E-state index contributed by atoms with van der Waals surface area (Å²) in [6.45, 7) is 5.69. The van der Waals surface area contributed by atoms with Gasteiger partial charge in [0.05, 0.1) is 29.1 Å². The predicted molar refractivity (Wildman–Crippen MR) is 134 cm³/mol. The lowest BCUT2D eigenvalue weighted by molar-refractivity contribution is -0.385. The van der Waals surface area contributed by atoms with Gasteiger partial charge in [0.25, 0.3) is 5.69 Å². The minimum atomic E-state index is -0.977. The molecule has 0 saturated carbocycles. The standard InChI is InChI=1S/C28H28N2O7/c1-15(2)13-35-28(32)25-16(3)29-20-9-18(17-7-5-4-6-8-17)10-22(31)27(20)26(25)19-11-23-24(37-14-36-23)12-21(19)30(33)34/h4-8,11-12,15,18,26,29H,9-10,13-14H2,1-3H3. The van der Waals surface area contributed by atoms with Crippen molar-refractivity contribution in [3.05, 3.63) is 86.2 Å². The molecule has 192 valence electrons. The number of benzene rings is 2. The van der Waals surface area contributed by atoms with Gasteiger partial charge in [-0.1, -0.05) is 44.2 Å². The van der Waals surface area contributed by atoms with Crippen molar-refractivity contribution in [1.29, 1.82) is 0 Å². The molecule has 1 N–H and O–H groups in total. The minimum absolute atomic E-state index is 0.0467. The van der Waals surface area contributed by atoms with Crippen LogP contribution in [0.1, 0.15) is 56.6 Å². The zero-order valence-corrected chi connectivity index (χ0v) is 20.9. The Labute approximate surface area is 214 Å². The summed E-state index contributed by atoms with van der Waals surface area (Å²) in [6, 6.07) is 12.6. The van der Waals surface area contributed by atoms with Crippen LogP contribution in [-0.2, 0) is 14.3 Å². The van der Waals surface area contributed by atoms with Crippen LogP contribution in [0.15, 0.2) is 65.0 Å². The third-order valence-corrected chi connectivity index (χ3v) is 6.90. The van der Waals surface area contributed by atoms with Gasteiger partial charge in [-0.3, -0.25) is 14.9 Å². The molecule has 0 spiro atoms. The summed E-state index contributed by atoms with van der Waals surface area (Å²) < 4.78 is 16.4. The van der Waals surface area contributed by atoms with E-state index in [1.807, 2.05) is 44.2 Å². The highest BCUT2D eigenvalue weighted by molar-refractivity contribution is 6.04. The molecule has 0 fully saturated rings. The molecule has 2 atom stereocenters. The predicted octanol–water partition coefficient (Wildman–Crippen LogP) is 4.88. The number of nitro benzene ring substituents is 1. The number of nitro groups is 1. The molecule has 37 heavy (non-hydrogen) atoms. The maximum atomic E-state index is 13.8. The second-order valence-corrected chi connectivity index (χ2v) is 9.94. The van der Waals surface area contributed by atoms with E-state index in [0.717, 1.165) is 5.56 Å². The molecule has 2 unspecified atom stereocenters. The van der Waals surface area contributed by atoms with Crippen LogP contribution in [0, 0.1) is 16.0 Å². The number of carbonyl (C=O) groups excluding carboxylic acids is 2. The van der Waals surface area contributed by atoms with E-state index in [1.165, 1.54) is 12.1 Å². The molecule has 9 nitrogen and oxygen atoms in total. The molecule has 5 rings (SSSR count). The fraction of sp³-hybridized carbons (Fsp3) is 0.357. The molecule has 0 amide bonds. The van der Waals surface area contributed by atoms with Crippen molar-refractivity contribution in [3.63, 3.8) is 0 Å². The van der Waals surface area contributed by atoms with E-state index in [2.05, 4.69) is 5.32 Å². The molecule has 2 aliphatic heterocycles. The maximum Gasteiger partial charge on any atom is 0.336 e. The van der Waals surface area contributed by atoms with Gasteiger partial charge in [0.1, 0.15) is 0 Å². The quantitative estimate of drug-likeness (QED) is 0.336. The zero-order valence-electron chi connectivity index (χ0n) is 20.9. The number of ether oxygens (including phenoxy) is 3. The Morgan fingerprint density at radius 3 is 2.54 bits per heavy atom. The molecular formula is C28H28N2O7. The highest BCUT2D eigenvalue weighted by Gasteiger charge is 2.44. The number of rotatable bonds is 6. The van der Waals surface area contributed by atoms with Crippen molar-refractivity contribution >= 4 is 17.4 Å². The number of hydrogen-bond donors (Lipinski definition) is 1. The molecule has 3 aliphatic rings. The van der Waals surface area contributed by atoms with Crippen LogP contribution in [0.25, 0.3) is 0 Å². The molecule has 0 radical (unpaired) electrons. The van der Waals surface area contributed by atoms with E-state index < -0.39 is 16.8 Å². The fourth-order valence-corrected chi connectivity index (χ4v) is 5.24. The van der Waals surface area contributed by atoms with E-state index in [0.29, 0.717) is 29.1 Å². The first-order valence-electron chi connectivity index (χ1n) is 12.3. The van der Waals surface area contributed by atoms with Gasteiger partial charge in [-0.25, -0.2) is 4.79 Å². The van der Waals surface area contributed by atoms with Crippen molar-refractivity contribution in [2.45, 2.75) is 45.4 Å². The normalized spacial score (nSPS) is 20.6. The van der Waals surface area contributed by atoms with E-state index in [9.17, 15) is 19.7 Å². The summed E-state index contributed by atoms with van der Waals surface area (Å²) in [5.74, 6) is -1.12. The van der Waals surface area contributed by atoms with E-state index in [4.69, 9.17) is 14.2 Å². The van der Waals surface area contributed by atoms with Gasteiger partial charge in [0, 0.05) is 29.0 Å². The molecule has 2 aromatic rings. The molecule has 0 aromatic heterocycles. The molecule has 2 heterocycles. The SMILES string of the molecule is CC1=C(C(=O)OCC(C)C)C(c2cc3c(cc2[N+](=O)[O-])OCO3)C2=C(CC(c3ccccc3)CC2=O)N1. The van der Waals surface area contributed by atoms with Crippen molar-refractivity contribution in [2.24, 2.45) is 5.92 Å². The Balaban J connectivity index is 1.66. The van der Waals surface area contributed by atoms with Gasteiger partial charge in [-0.05, 0) is 36.8 Å². The third kappa shape index (κ3) is 4.57.